The number of hydrazone groups is 1. The summed E-state index contributed by atoms with van der Waals surface area (Å²) in [6.07, 6.45) is 1.40. The molecule has 0 saturated carbocycles. The van der Waals surface area contributed by atoms with Gasteiger partial charge in [0.25, 0.3) is 5.91 Å². The Hall–Kier alpha value is -3.59. The van der Waals surface area contributed by atoms with Gasteiger partial charge in [-0.1, -0.05) is 36.4 Å². The second-order valence-corrected chi connectivity index (χ2v) is 6.98. The van der Waals surface area contributed by atoms with Gasteiger partial charge >= 0.3 is 6.03 Å². The first kappa shape index (κ1) is 21.1. The minimum absolute atomic E-state index is 0.206. The van der Waals surface area contributed by atoms with Crippen LogP contribution in [0, 0.1) is 0 Å². The van der Waals surface area contributed by atoms with Crippen LogP contribution in [0.3, 0.4) is 0 Å². The zero-order valence-electron chi connectivity index (χ0n) is 16.0. The van der Waals surface area contributed by atoms with Gasteiger partial charge in [-0.15, -0.1) is 0 Å². The number of fused-ring (bicyclic) bond motifs is 1. The number of urea groups is 1. The first-order valence-corrected chi connectivity index (χ1v) is 9.63. The van der Waals surface area contributed by atoms with Crippen molar-refractivity contribution < 1.29 is 19.1 Å². The fourth-order valence-corrected chi connectivity index (χ4v) is 3.18. The van der Waals surface area contributed by atoms with Crippen molar-refractivity contribution in [2.45, 2.75) is 0 Å². The van der Waals surface area contributed by atoms with E-state index in [0.29, 0.717) is 27.2 Å². The van der Waals surface area contributed by atoms with Crippen molar-refractivity contribution in [1.29, 1.82) is 0 Å². The Morgan fingerprint density at radius 1 is 1.13 bits per heavy atom. The van der Waals surface area contributed by atoms with Crippen molar-refractivity contribution in [1.82, 2.24) is 5.43 Å². The molecule has 3 amide bonds. The van der Waals surface area contributed by atoms with Gasteiger partial charge in [-0.05, 0) is 39.5 Å². The van der Waals surface area contributed by atoms with Gasteiger partial charge in [0.15, 0.2) is 18.1 Å². The molecule has 9 heteroatoms. The highest BCUT2D eigenvalue weighted by atomic mass is 79.9. The number of methoxy groups -OCH3 is 1. The van der Waals surface area contributed by atoms with E-state index >= 15 is 0 Å². The van der Waals surface area contributed by atoms with E-state index in [9.17, 15) is 9.59 Å². The molecule has 154 valence electrons. The summed E-state index contributed by atoms with van der Waals surface area (Å²) in [7, 11) is 1.48. The molecule has 3 aromatic rings. The van der Waals surface area contributed by atoms with Crippen LogP contribution in [-0.2, 0) is 4.79 Å². The third-order valence-corrected chi connectivity index (χ3v) is 4.77. The van der Waals surface area contributed by atoms with Crippen molar-refractivity contribution in [3.8, 4) is 11.5 Å². The molecule has 0 aliphatic heterocycles. The van der Waals surface area contributed by atoms with Crippen LogP contribution in [0.2, 0.25) is 0 Å². The minimum atomic E-state index is -0.772. The van der Waals surface area contributed by atoms with Crippen LogP contribution in [0.1, 0.15) is 5.56 Å². The molecule has 0 atom stereocenters. The number of rotatable bonds is 7. The number of halogens is 1. The average Bonchev–Trinajstić information content (AvgIpc) is 2.73. The van der Waals surface area contributed by atoms with Crippen molar-refractivity contribution in [2.24, 2.45) is 10.8 Å². The lowest BCUT2D eigenvalue weighted by Gasteiger charge is -2.13. The number of carbonyl (C=O) groups excluding carboxylic acids is 2. The topological polar surface area (TPSA) is 115 Å². The van der Waals surface area contributed by atoms with Crippen LogP contribution in [0.5, 0.6) is 11.5 Å². The number of anilines is 1. The molecule has 3 rings (SSSR count). The lowest BCUT2D eigenvalue weighted by atomic mass is 10.1. The summed E-state index contributed by atoms with van der Waals surface area (Å²) in [5.74, 6) is 0.468. The van der Waals surface area contributed by atoms with E-state index in [1.54, 1.807) is 12.1 Å². The Kier molecular flexibility index (Phi) is 6.87. The monoisotopic (exact) mass is 470 g/mol. The summed E-state index contributed by atoms with van der Waals surface area (Å²) in [6, 6.07) is 16.0. The van der Waals surface area contributed by atoms with Crippen molar-refractivity contribution in [3.63, 3.8) is 0 Å². The highest BCUT2D eigenvalue weighted by Gasteiger charge is 2.12. The van der Waals surface area contributed by atoms with Crippen LogP contribution in [0.25, 0.3) is 10.8 Å². The Bertz CT molecular complexity index is 1110. The standard InChI is InChI=1S/C21H19BrN4O4/c1-29-18-9-14(11-24-26-21(23)28)16(22)10-19(18)30-12-20(27)25-17-8-4-6-13-5-2-3-7-15(13)17/h2-11H,12H2,1H3,(H,25,27)(H3,23,26,28)/b24-11-. The van der Waals surface area contributed by atoms with Crippen LogP contribution < -0.4 is 25.9 Å². The molecule has 4 N–H and O–H groups in total. The van der Waals surface area contributed by atoms with Crippen LogP contribution in [0.15, 0.2) is 64.2 Å². The van der Waals surface area contributed by atoms with E-state index in [2.05, 4.69) is 31.8 Å². The van der Waals surface area contributed by atoms with E-state index < -0.39 is 6.03 Å². The van der Waals surface area contributed by atoms with Crippen molar-refractivity contribution in [3.05, 3.63) is 64.6 Å². The molecule has 0 fully saturated rings. The first-order chi connectivity index (χ1) is 14.5. The van der Waals surface area contributed by atoms with Gasteiger partial charge in [0.2, 0.25) is 0 Å². The fourth-order valence-electron chi connectivity index (χ4n) is 2.75. The number of nitrogens with two attached hydrogens (primary N) is 1. The molecule has 30 heavy (non-hydrogen) atoms. The zero-order valence-corrected chi connectivity index (χ0v) is 17.6. The van der Waals surface area contributed by atoms with Crippen molar-refractivity contribution >= 4 is 50.5 Å². The molecule has 0 heterocycles. The van der Waals surface area contributed by atoms with E-state index in [-0.39, 0.29) is 12.5 Å². The molecule has 0 saturated heterocycles. The number of hydrogen-bond acceptors (Lipinski definition) is 5. The summed E-state index contributed by atoms with van der Waals surface area (Å²) in [4.78, 5) is 23.1. The third kappa shape index (κ3) is 5.26. The predicted molar refractivity (Wildman–Crippen MR) is 119 cm³/mol. The Morgan fingerprint density at radius 2 is 1.90 bits per heavy atom. The quantitative estimate of drug-likeness (QED) is 0.361. The molecule has 0 aliphatic rings. The summed E-state index contributed by atoms with van der Waals surface area (Å²) >= 11 is 3.39. The number of amides is 3. The summed E-state index contributed by atoms with van der Waals surface area (Å²) < 4.78 is 11.6. The number of benzene rings is 3. The summed E-state index contributed by atoms with van der Waals surface area (Å²) in [6.45, 7) is -0.206. The van der Waals surface area contributed by atoms with Gasteiger partial charge in [-0.25, -0.2) is 10.2 Å². The van der Waals surface area contributed by atoms with Gasteiger partial charge in [-0.2, -0.15) is 5.10 Å². The number of hydrogen-bond donors (Lipinski definition) is 3. The van der Waals surface area contributed by atoms with Crippen LogP contribution >= 0.6 is 15.9 Å². The van der Waals surface area contributed by atoms with Crippen LogP contribution in [-0.4, -0.2) is 31.9 Å². The van der Waals surface area contributed by atoms with E-state index in [1.807, 2.05) is 42.5 Å². The number of carbonyl (C=O) groups is 2. The molecule has 0 bridgehead atoms. The third-order valence-electron chi connectivity index (χ3n) is 4.08. The molecule has 0 radical (unpaired) electrons. The molecular weight excluding hydrogens is 452 g/mol. The summed E-state index contributed by atoms with van der Waals surface area (Å²) in [5.41, 5.74) is 8.41. The maximum absolute atomic E-state index is 12.4. The highest BCUT2D eigenvalue weighted by molar-refractivity contribution is 9.10. The molecular formula is C21H19BrN4O4. The zero-order chi connectivity index (χ0) is 21.5. The molecule has 0 aliphatic carbocycles. The molecule has 0 spiro atoms. The van der Waals surface area contributed by atoms with Gasteiger partial charge in [0, 0.05) is 21.1 Å². The number of nitrogens with zero attached hydrogens (tertiary/aromatic N) is 1. The minimum Gasteiger partial charge on any atom is -0.493 e. The van der Waals surface area contributed by atoms with Crippen LogP contribution in [0.4, 0.5) is 10.5 Å². The summed E-state index contributed by atoms with van der Waals surface area (Å²) in [5, 5.41) is 8.56. The lowest BCUT2D eigenvalue weighted by molar-refractivity contribution is -0.118. The van der Waals surface area contributed by atoms with Gasteiger partial charge in [0.1, 0.15) is 0 Å². The largest absolute Gasteiger partial charge is 0.493 e. The van der Waals surface area contributed by atoms with E-state index in [0.717, 1.165) is 10.8 Å². The second kappa shape index (κ2) is 9.75. The van der Waals surface area contributed by atoms with Crippen molar-refractivity contribution in [2.75, 3.05) is 19.0 Å². The second-order valence-electron chi connectivity index (χ2n) is 6.12. The van der Waals surface area contributed by atoms with Gasteiger partial charge < -0.3 is 20.5 Å². The predicted octanol–water partition coefficient (Wildman–Crippen LogP) is 3.63. The number of nitrogens with one attached hydrogen (secondary N) is 2. The average molecular weight is 471 g/mol. The Balaban J connectivity index is 1.70. The van der Waals surface area contributed by atoms with E-state index in [1.165, 1.54) is 13.3 Å². The lowest BCUT2D eigenvalue weighted by Crippen LogP contribution is -2.24. The molecule has 0 aromatic heterocycles. The first-order valence-electron chi connectivity index (χ1n) is 8.84. The Morgan fingerprint density at radius 3 is 2.67 bits per heavy atom. The SMILES string of the molecule is COc1cc(/C=N\NC(N)=O)c(Br)cc1OCC(=O)Nc1cccc2ccccc12. The van der Waals surface area contributed by atoms with Gasteiger partial charge in [0.05, 0.1) is 13.3 Å². The number of primary amides is 1. The highest BCUT2D eigenvalue weighted by Crippen LogP contribution is 2.33. The van der Waals surface area contributed by atoms with E-state index in [4.69, 9.17) is 15.2 Å². The Labute approximate surface area is 181 Å². The normalized spacial score (nSPS) is 10.7. The molecule has 3 aromatic carbocycles. The maximum Gasteiger partial charge on any atom is 0.332 e. The fraction of sp³-hybridized carbons (Fsp3) is 0.0952. The van der Waals surface area contributed by atoms with Gasteiger partial charge in [-0.3, -0.25) is 4.79 Å². The smallest absolute Gasteiger partial charge is 0.332 e. The molecule has 0 unspecified atom stereocenters. The molecule has 8 nitrogen and oxygen atoms in total. The maximum atomic E-state index is 12.4. The number of ether oxygens (including phenoxy) is 2.